The molecule has 0 spiro atoms. The van der Waals surface area contributed by atoms with E-state index in [1.807, 2.05) is 6.92 Å². The van der Waals surface area contributed by atoms with Crippen LogP contribution in [0.1, 0.15) is 11.1 Å². The molecule has 22 heavy (non-hydrogen) atoms. The van der Waals surface area contributed by atoms with Crippen molar-refractivity contribution in [1.29, 1.82) is 0 Å². The average molecular weight is 319 g/mol. The van der Waals surface area contributed by atoms with Crippen LogP contribution in [0.3, 0.4) is 0 Å². The fourth-order valence-corrected chi connectivity index (χ4v) is 3.07. The molecule has 6 heteroatoms. The maximum atomic E-state index is 12.2. The van der Waals surface area contributed by atoms with Crippen LogP contribution >= 0.6 is 0 Å². The predicted molar refractivity (Wildman–Crippen MR) is 84.7 cm³/mol. The number of carbonyl (C=O) groups excluding carboxylic acids is 1. The smallest absolute Gasteiger partial charge is 0.239 e. The maximum absolute atomic E-state index is 12.2. The highest BCUT2D eigenvalue weighted by Crippen LogP contribution is 2.20. The molecule has 5 nitrogen and oxygen atoms in total. The first kappa shape index (κ1) is 16.0. The summed E-state index contributed by atoms with van der Waals surface area (Å²) in [5.41, 5.74) is 1.99. The quantitative estimate of drug-likeness (QED) is 0.848. The van der Waals surface area contributed by atoms with Crippen LogP contribution in [0.4, 0.5) is 5.69 Å². The van der Waals surface area contributed by atoms with Crippen LogP contribution in [0.5, 0.6) is 5.75 Å². The van der Waals surface area contributed by atoms with Gasteiger partial charge in [-0.25, -0.2) is 8.42 Å². The summed E-state index contributed by atoms with van der Waals surface area (Å²) in [6.07, 6.45) is 0. The molecular weight excluding hydrogens is 302 g/mol. The minimum absolute atomic E-state index is 0.116. The fourth-order valence-electron chi connectivity index (χ4n) is 1.93. The van der Waals surface area contributed by atoms with Gasteiger partial charge in [0.1, 0.15) is 11.5 Å². The van der Waals surface area contributed by atoms with Gasteiger partial charge in [0.15, 0.2) is 9.84 Å². The molecule has 0 unspecified atom stereocenters. The van der Waals surface area contributed by atoms with E-state index in [-0.39, 0.29) is 10.6 Å². The number of sulfone groups is 1. The van der Waals surface area contributed by atoms with E-state index in [2.05, 4.69) is 5.32 Å². The van der Waals surface area contributed by atoms with Crippen molar-refractivity contribution in [2.24, 2.45) is 0 Å². The van der Waals surface area contributed by atoms with Gasteiger partial charge in [0.25, 0.3) is 0 Å². The summed E-state index contributed by atoms with van der Waals surface area (Å²) in [6.45, 7) is 3.55. The summed E-state index contributed by atoms with van der Waals surface area (Å²) in [5, 5.41) is 11.9. The third-order valence-corrected chi connectivity index (χ3v) is 4.81. The molecule has 0 radical (unpaired) electrons. The standard InChI is InChI=1S/C16H17NO4S/c1-11-3-6-14(7-4-11)22(20,21)10-16(19)17-13-5-8-15(18)12(2)9-13/h3-9,18H,10H2,1-2H3,(H,17,19). The van der Waals surface area contributed by atoms with Crippen molar-refractivity contribution in [3.05, 3.63) is 53.6 Å². The van der Waals surface area contributed by atoms with Crippen LogP contribution in [0.2, 0.25) is 0 Å². The second-order valence-corrected chi connectivity index (χ2v) is 7.11. The number of hydrogen-bond acceptors (Lipinski definition) is 4. The van der Waals surface area contributed by atoms with Gasteiger partial charge in [0, 0.05) is 5.69 Å². The minimum atomic E-state index is -3.68. The van der Waals surface area contributed by atoms with E-state index in [0.717, 1.165) is 5.56 Å². The number of aromatic hydroxyl groups is 1. The van der Waals surface area contributed by atoms with E-state index in [0.29, 0.717) is 11.3 Å². The third-order valence-electron chi connectivity index (χ3n) is 3.18. The summed E-state index contributed by atoms with van der Waals surface area (Å²) < 4.78 is 24.3. The Morgan fingerprint density at radius 2 is 1.73 bits per heavy atom. The van der Waals surface area contributed by atoms with E-state index < -0.39 is 21.5 Å². The van der Waals surface area contributed by atoms with Crippen molar-refractivity contribution in [2.75, 3.05) is 11.1 Å². The van der Waals surface area contributed by atoms with Gasteiger partial charge in [-0.3, -0.25) is 4.79 Å². The van der Waals surface area contributed by atoms with E-state index in [9.17, 15) is 18.3 Å². The number of hydrogen-bond donors (Lipinski definition) is 2. The zero-order valence-electron chi connectivity index (χ0n) is 12.3. The Morgan fingerprint density at radius 1 is 1.09 bits per heavy atom. The second-order valence-electron chi connectivity index (χ2n) is 5.12. The van der Waals surface area contributed by atoms with Crippen molar-refractivity contribution >= 4 is 21.4 Å². The highest BCUT2D eigenvalue weighted by atomic mass is 32.2. The van der Waals surface area contributed by atoms with Gasteiger partial charge in [0.2, 0.25) is 5.91 Å². The summed E-state index contributed by atoms with van der Waals surface area (Å²) >= 11 is 0. The number of phenols is 1. The third kappa shape index (κ3) is 3.85. The van der Waals surface area contributed by atoms with Crippen LogP contribution in [0.25, 0.3) is 0 Å². The number of anilines is 1. The van der Waals surface area contributed by atoms with Crippen molar-refractivity contribution < 1.29 is 18.3 Å². The lowest BCUT2D eigenvalue weighted by Gasteiger charge is -2.08. The molecule has 2 rings (SSSR count). The van der Waals surface area contributed by atoms with E-state index >= 15 is 0 Å². The zero-order valence-corrected chi connectivity index (χ0v) is 13.1. The first-order chi connectivity index (χ1) is 10.3. The Hall–Kier alpha value is -2.34. The van der Waals surface area contributed by atoms with Crippen LogP contribution in [-0.4, -0.2) is 25.2 Å². The summed E-state index contributed by atoms with van der Waals surface area (Å²) in [4.78, 5) is 12.0. The molecule has 0 atom stereocenters. The molecule has 0 heterocycles. The van der Waals surface area contributed by atoms with Crippen LogP contribution in [0.15, 0.2) is 47.4 Å². The zero-order chi connectivity index (χ0) is 16.3. The van der Waals surface area contributed by atoms with Gasteiger partial charge < -0.3 is 10.4 Å². The molecule has 1 amide bonds. The summed E-state index contributed by atoms with van der Waals surface area (Å²) in [6, 6.07) is 10.9. The molecule has 0 bridgehead atoms. The lowest BCUT2D eigenvalue weighted by Crippen LogP contribution is -2.23. The molecule has 2 aromatic rings. The number of aryl methyl sites for hydroxylation is 2. The van der Waals surface area contributed by atoms with Crippen molar-refractivity contribution in [3.63, 3.8) is 0 Å². The summed E-state index contributed by atoms with van der Waals surface area (Å²) in [5.74, 6) is -1.13. The van der Waals surface area contributed by atoms with Crippen LogP contribution in [0, 0.1) is 13.8 Å². The highest BCUT2D eigenvalue weighted by Gasteiger charge is 2.19. The first-order valence-electron chi connectivity index (χ1n) is 6.67. The molecule has 0 aliphatic heterocycles. The Labute approximate surface area is 129 Å². The van der Waals surface area contributed by atoms with Crippen molar-refractivity contribution in [1.82, 2.24) is 0 Å². The van der Waals surface area contributed by atoms with Crippen LogP contribution in [-0.2, 0) is 14.6 Å². The Balaban J connectivity index is 2.10. The molecule has 0 aliphatic carbocycles. The number of amides is 1. The largest absolute Gasteiger partial charge is 0.508 e. The number of nitrogens with one attached hydrogen (secondary N) is 1. The molecule has 116 valence electrons. The Bertz CT molecular complexity index is 795. The lowest BCUT2D eigenvalue weighted by atomic mass is 10.2. The minimum Gasteiger partial charge on any atom is -0.508 e. The van der Waals surface area contributed by atoms with Gasteiger partial charge in [0.05, 0.1) is 4.90 Å². The number of phenolic OH excluding ortho intramolecular Hbond substituents is 1. The van der Waals surface area contributed by atoms with Gasteiger partial charge in [-0.1, -0.05) is 17.7 Å². The topological polar surface area (TPSA) is 83.5 Å². The maximum Gasteiger partial charge on any atom is 0.239 e. The van der Waals surface area contributed by atoms with Gasteiger partial charge in [-0.15, -0.1) is 0 Å². The average Bonchev–Trinajstić information content (AvgIpc) is 2.42. The SMILES string of the molecule is Cc1ccc(S(=O)(=O)CC(=O)Nc2ccc(O)c(C)c2)cc1. The Kier molecular flexibility index (Phi) is 4.51. The molecule has 0 aromatic heterocycles. The van der Waals surface area contributed by atoms with Crippen molar-refractivity contribution in [2.45, 2.75) is 18.7 Å². The predicted octanol–water partition coefficient (Wildman–Crippen LogP) is 2.42. The molecular formula is C16H17NO4S. The number of benzene rings is 2. The molecule has 2 N–H and O–H groups in total. The van der Waals surface area contributed by atoms with Crippen molar-refractivity contribution in [3.8, 4) is 5.75 Å². The normalized spacial score (nSPS) is 11.2. The first-order valence-corrected chi connectivity index (χ1v) is 8.32. The molecule has 0 aliphatic rings. The molecule has 0 fully saturated rings. The Morgan fingerprint density at radius 3 is 2.32 bits per heavy atom. The molecule has 0 saturated heterocycles. The van der Waals surface area contributed by atoms with E-state index in [1.165, 1.54) is 24.3 Å². The molecule has 0 saturated carbocycles. The number of rotatable bonds is 4. The number of carbonyl (C=O) groups is 1. The molecule has 2 aromatic carbocycles. The summed E-state index contributed by atoms with van der Waals surface area (Å²) in [7, 11) is -3.68. The van der Waals surface area contributed by atoms with Crippen LogP contribution < -0.4 is 5.32 Å². The van der Waals surface area contributed by atoms with Gasteiger partial charge in [-0.2, -0.15) is 0 Å². The lowest BCUT2D eigenvalue weighted by molar-refractivity contribution is -0.113. The monoisotopic (exact) mass is 319 g/mol. The fraction of sp³-hybridized carbons (Fsp3) is 0.188. The van der Waals surface area contributed by atoms with Gasteiger partial charge >= 0.3 is 0 Å². The van der Waals surface area contributed by atoms with Gasteiger partial charge in [-0.05, 0) is 49.7 Å². The van der Waals surface area contributed by atoms with E-state index in [4.69, 9.17) is 0 Å². The second kappa shape index (κ2) is 6.19. The highest BCUT2D eigenvalue weighted by molar-refractivity contribution is 7.92. The van der Waals surface area contributed by atoms with E-state index in [1.54, 1.807) is 25.1 Å².